The van der Waals surface area contributed by atoms with Crippen molar-refractivity contribution in [3.8, 4) is 5.75 Å². The molecule has 0 radical (unpaired) electrons. The fraction of sp³-hybridized carbons (Fsp3) is 0.130. The fourth-order valence-electron chi connectivity index (χ4n) is 2.64. The van der Waals surface area contributed by atoms with Crippen molar-refractivity contribution in [2.45, 2.75) is 13.5 Å². The van der Waals surface area contributed by atoms with Crippen molar-refractivity contribution < 1.29 is 23.5 Å². The van der Waals surface area contributed by atoms with Crippen molar-refractivity contribution in [2.75, 3.05) is 6.61 Å². The van der Waals surface area contributed by atoms with E-state index in [0.29, 0.717) is 17.9 Å². The molecule has 3 aromatic rings. The molecule has 0 saturated carbocycles. The first kappa shape index (κ1) is 19.3. The molecule has 28 heavy (non-hydrogen) atoms. The van der Waals surface area contributed by atoms with Gasteiger partial charge in [0.25, 0.3) is 0 Å². The van der Waals surface area contributed by atoms with Crippen molar-refractivity contribution >= 4 is 11.8 Å². The molecule has 0 heterocycles. The number of carbonyl (C=O) groups is 2. The topological polar surface area (TPSA) is 52.6 Å². The summed E-state index contributed by atoms with van der Waals surface area (Å²) in [6.07, 6.45) is 0. The molecule has 0 atom stereocenters. The van der Waals surface area contributed by atoms with Gasteiger partial charge in [-0.15, -0.1) is 0 Å². The molecule has 0 fully saturated rings. The molecule has 142 valence electrons. The van der Waals surface area contributed by atoms with Crippen LogP contribution in [0.2, 0.25) is 0 Å². The molecule has 0 N–H and O–H groups in total. The van der Waals surface area contributed by atoms with Gasteiger partial charge in [0.2, 0.25) is 0 Å². The molecule has 4 nitrogen and oxygen atoms in total. The number of rotatable bonds is 7. The van der Waals surface area contributed by atoms with Gasteiger partial charge in [0.05, 0.1) is 17.7 Å². The average Bonchev–Trinajstić information content (AvgIpc) is 2.73. The normalized spacial score (nSPS) is 10.4. The second-order valence-electron chi connectivity index (χ2n) is 6.04. The Bertz CT molecular complexity index is 966. The number of carbonyl (C=O) groups excluding carboxylic acids is 2. The zero-order chi connectivity index (χ0) is 19.9. The van der Waals surface area contributed by atoms with E-state index in [0.717, 1.165) is 5.56 Å². The summed E-state index contributed by atoms with van der Waals surface area (Å²) in [5.41, 5.74) is 1.52. The first-order valence-corrected chi connectivity index (χ1v) is 8.86. The summed E-state index contributed by atoms with van der Waals surface area (Å²) in [7, 11) is 0. The first-order chi connectivity index (χ1) is 13.6. The van der Waals surface area contributed by atoms with Crippen molar-refractivity contribution in [1.82, 2.24) is 0 Å². The Labute approximate surface area is 162 Å². The summed E-state index contributed by atoms with van der Waals surface area (Å²) < 4.78 is 24.9. The number of hydrogen-bond donors (Lipinski definition) is 0. The third-order valence-corrected chi connectivity index (χ3v) is 4.09. The minimum Gasteiger partial charge on any atom is -0.489 e. The number of ketones is 1. The van der Waals surface area contributed by atoms with E-state index < -0.39 is 17.6 Å². The smallest absolute Gasteiger partial charge is 0.338 e. The quantitative estimate of drug-likeness (QED) is 0.437. The second-order valence-corrected chi connectivity index (χ2v) is 6.04. The SMILES string of the molecule is CCOC(=O)c1ccc(C(=O)c2ccc(OCc3ccccc3)cc2F)cc1. The van der Waals surface area contributed by atoms with Gasteiger partial charge in [0.1, 0.15) is 18.2 Å². The lowest BCUT2D eigenvalue weighted by atomic mass is 10.0. The zero-order valence-corrected chi connectivity index (χ0v) is 15.4. The van der Waals surface area contributed by atoms with Gasteiger partial charge in [-0.1, -0.05) is 42.5 Å². The molecule has 3 aromatic carbocycles. The van der Waals surface area contributed by atoms with E-state index in [2.05, 4.69) is 0 Å². The van der Waals surface area contributed by atoms with Crippen LogP contribution in [0.25, 0.3) is 0 Å². The van der Waals surface area contributed by atoms with Crippen molar-refractivity contribution in [3.05, 3.63) is 101 Å². The van der Waals surface area contributed by atoms with Crippen LogP contribution in [0.15, 0.2) is 72.8 Å². The van der Waals surface area contributed by atoms with E-state index in [4.69, 9.17) is 9.47 Å². The van der Waals surface area contributed by atoms with E-state index in [-0.39, 0.29) is 17.7 Å². The van der Waals surface area contributed by atoms with Crippen LogP contribution < -0.4 is 4.74 Å². The van der Waals surface area contributed by atoms with Crippen molar-refractivity contribution in [3.63, 3.8) is 0 Å². The number of halogens is 1. The number of benzene rings is 3. The average molecular weight is 378 g/mol. The molecule has 0 saturated heterocycles. The van der Waals surface area contributed by atoms with Crippen LogP contribution in [0.1, 0.15) is 38.8 Å². The van der Waals surface area contributed by atoms with E-state index in [1.807, 2.05) is 30.3 Å². The maximum atomic E-state index is 14.4. The Morgan fingerprint density at radius 3 is 2.21 bits per heavy atom. The Kier molecular flexibility index (Phi) is 6.17. The van der Waals surface area contributed by atoms with Gasteiger partial charge in [-0.05, 0) is 36.8 Å². The predicted octanol–water partition coefficient (Wildman–Crippen LogP) is 4.81. The highest BCUT2D eigenvalue weighted by Gasteiger charge is 2.16. The van der Waals surface area contributed by atoms with Gasteiger partial charge in [-0.3, -0.25) is 4.79 Å². The standard InChI is InChI=1S/C23H19FO4/c1-2-27-23(26)18-10-8-17(9-11-18)22(25)20-13-12-19(14-21(20)24)28-15-16-6-4-3-5-7-16/h3-14H,2,15H2,1H3. The van der Waals surface area contributed by atoms with Crippen LogP contribution >= 0.6 is 0 Å². The molecule has 0 spiro atoms. The van der Waals surface area contributed by atoms with Crippen LogP contribution in [0.3, 0.4) is 0 Å². The summed E-state index contributed by atoms with van der Waals surface area (Å²) in [6.45, 7) is 2.29. The minimum absolute atomic E-state index is 0.0593. The monoisotopic (exact) mass is 378 g/mol. The highest BCUT2D eigenvalue weighted by Crippen LogP contribution is 2.21. The number of hydrogen-bond acceptors (Lipinski definition) is 4. The van der Waals surface area contributed by atoms with E-state index in [1.54, 1.807) is 13.0 Å². The van der Waals surface area contributed by atoms with Gasteiger partial charge in [0, 0.05) is 11.6 Å². The molecule has 0 aromatic heterocycles. The molecule has 0 amide bonds. The minimum atomic E-state index is -0.662. The lowest BCUT2D eigenvalue weighted by molar-refractivity contribution is 0.0526. The van der Waals surface area contributed by atoms with Crippen LogP contribution in [0.4, 0.5) is 4.39 Å². The Morgan fingerprint density at radius 2 is 1.57 bits per heavy atom. The number of ether oxygens (including phenoxy) is 2. The van der Waals surface area contributed by atoms with Crippen molar-refractivity contribution in [2.24, 2.45) is 0 Å². The molecular formula is C23H19FO4. The van der Waals surface area contributed by atoms with Crippen LogP contribution in [0.5, 0.6) is 5.75 Å². The predicted molar refractivity (Wildman–Crippen MR) is 103 cm³/mol. The summed E-state index contributed by atoms with van der Waals surface area (Å²) in [6, 6.07) is 19.6. The second kappa shape index (κ2) is 8.95. The summed E-state index contributed by atoms with van der Waals surface area (Å²) in [4.78, 5) is 24.2. The van der Waals surface area contributed by atoms with Gasteiger partial charge in [0.15, 0.2) is 5.78 Å². The summed E-state index contributed by atoms with van der Waals surface area (Å²) >= 11 is 0. The van der Waals surface area contributed by atoms with Crippen LogP contribution in [-0.2, 0) is 11.3 Å². The Balaban J connectivity index is 1.71. The first-order valence-electron chi connectivity index (χ1n) is 8.86. The van der Waals surface area contributed by atoms with E-state index >= 15 is 0 Å². The van der Waals surface area contributed by atoms with Gasteiger partial charge >= 0.3 is 5.97 Å². The van der Waals surface area contributed by atoms with Crippen LogP contribution in [-0.4, -0.2) is 18.4 Å². The lowest BCUT2D eigenvalue weighted by Crippen LogP contribution is -2.07. The Morgan fingerprint density at radius 1 is 0.893 bits per heavy atom. The molecule has 3 rings (SSSR count). The molecule has 0 unspecified atom stereocenters. The summed E-state index contributed by atoms with van der Waals surface area (Å²) in [5, 5.41) is 0. The van der Waals surface area contributed by atoms with Gasteiger partial charge < -0.3 is 9.47 Å². The third kappa shape index (κ3) is 4.62. The molecule has 0 aliphatic heterocycles. The van der Waals surface area contributed by atoms with Gasteiger partial charge in [-0.2, -0.15) is 0 Å². The molecule has 0 aliphatic carbocycles. The molecule has 5 heteroatoms. The number of esters is 1. The largest absolute Gasteiger partial charge is 0.489 e. The highest BCUT2D eigenvalue weighted by molar-refractivity contribution is 6.09. The Hall–Kier alpha value is -3.47. The maximum absolute atomic E-state index is 14.4. The third-order valence-electron chi connectivity index (χ3n) is 4.09. The zero-order valence-electron chi connectivity index (χ0n) is 15.4. The molecule has 0 aliphatic rings. The van der Waals surface area contributed by atoms with Crippen molar-refractivity contribution in [1.29, 1.82) is 0 Å². The molecule has 0 bridgehead atoms. The van der Waals surface area contributed by atoms with E-state index in [1.165, 1.54) is 36.4 Å². The van der Waals surface area contributed by atoms with E-state index in [9.17, 15) is 14.0 Å². The molecular weight excluding hydrogens is 359 g/mol. The maximum Gasteiger partial charge on any atom is 0.338 e. The van der Waals surface area contributed by atoms with Crippen LogP contribution in [0, 0.1) is 5.82 Å². The fourth-order valence-corrected chi connectivity index (χ4v) is 2.64. The van der Waals surface area contributed by atoms with Gasteiger partial charge in [-0.25, -0.2) is 9.18 Å². The summed E-state index contributed by atoms with van der Waals surface area (Å²) in [5.74, 6) is -1.25. The lowest BCUT2D eigenvalue weighted by Gasteiger charge is -2.09. The highest BCUT2D eigenvalue weighted by atomic mass is 19.1.